The monoisotopic (exact) mass is 370 g/mol. The minimum atomic E-state index is -3.89. The summed E-state index contributed by atoms with van der Waals surface area (Å²) >= 11 is 0.973. The summed E-state index contributed by atoms with van der Waals surface area (Å²) < 4.78 is 50.9. The molecule has 0 fully saturated rings. The van der Waals surface area contributed by atoms with Crippen LogP contribution in [0.3, 0.4) is 0 Å². The van der Waals surface area contributed by atoms with Gasteiger partial charge in [0.05, 0.1) is 5.75 Å². The maximum atomic E-state index is 12.0. The highest BCUT2D eigenvalue weighted by molar-refractivity contribution is 7.91. The van der Waals surface area contributed by atoms with Gasteiger partial charge in [-0.25, -0.2) is 21.6 Å². The number of carboxylic acids is 1. The van der Waals surface area contributed by atoms with Crippen LogP contribution in [0, 0.1) is 0 Å². The van der Waals surface area contributed by atoms with E-state index in [1.54, 1.807) is 6.07 Å². The standard InChI is InChI=1S/C11H18N2O6S3/c1-3-21(16,17)12-7-6-9-4-5-10(20-9)22(18,19)13-8(2)11(14)15/h4-5,8,12-13H,3,6-7H2,1-2H3,(H,14,15)/t8-/m0/s1. The van der Waals surface area contributed by atoms with E-state index in [4.69, 9.17) is 5.11 Å². The van der Waals surface area contributed by atoms with Crippen molar-refractivity contribution in [1.82, 2.24) is 9.44 Å². The number of aliphatic carboxylic acids is 1. The van der Waals surface area contributed by atoms with Gasteiger partial charge in [0.2, 0.25) is 10.0 Å². The van der Waals surface area contributed by atoms with Crippen LogP contribution in [0.15, 0.2) is 16.3 Å². The Balaban J connectivity index is 2.69. The van der Waals surface area contributed by atoms with E-state index in [-0.39, 0.29) is 16.5 Å². The Labute approximate surface area is 133 Å². The smallest absolute Gasteiger partial charge is 0.321 e. The zero-order valence-corrected chi connectivity index (χ0v) is 14.5. The second-order valence-corrected chi connectivity index (χ2v) is 9.65. The molecule has 0 amide bonds. The number of sulfonamides is 2. The van der Waals surface area contributed by atoms with Gasteiger partial charge in [0.15, 0.2) is 0 Å². The molecule has 0 saturated heterocycles. The van der Waals surface area contributed by atoms with E-state index in [1.165, 1.54) is 19.9 Å². The normalized spacial score (nSPS) is 13.9. The Hall–Kier alpha value is -1.01. The van der Waals surface area contributed by atoms with Crippen molar-refractivity contribution in [2.24, 2.45) is 0 Å². The van der Waals surface area contributed by atoms with E-state index in [0.717, 1.165) is 11.3 Å². The molecule has 22 heavy (non-hydrogen) atoms. The summed E-state index contributed by atoms with van der Waals surface area (Å²) in [7, 11) is -7.17. The summed E-state index contributed by atoms with van der Waals surface area (Å²) in [6.07, 6.45) is 0.355. The molecule has 0 aliphatic heterocycles. The van der Waals surface area contributed by atoms with E-state index in [2.05, 4.69) is 4.72 Å². The van der Waals surface area contributed by atoms with Crippen LogP contribution in [-0.4, -0.2) is 46.3 Å². The van der Waals surface area contributed by atoms with Crippen LogP contribution in [0.5, 0.6) is 0 Å². The number of hydrogen-bond donors (Lipinski definition) is 3. The summed E-state index contributed by atoms with van der Waals surface area (Å²) in [4.78, 5) is 11.4. The zero-order valence-electron chi connectivity index (χ0n) is 12.1. The van der Waals surface area contributed by atoms with Crippen molar-refractivity contribution in [1.29, 1.82) is 0 Å². The fourth-order valence-electron chi connectivity index (χ4n) is 1.41. The number of hydrogen-bond acceptors (Lipinski definition) is 6. The Kier molecular flexibility index (Phi) is 6.50. The van der Waals surface area contributed by atoms with Gasteiger partial charge in [0, 0.05) is 11.4 Å². The van der Waals surface area contributed by atoms with Crippen molar-refractivity contribution in [2.45, 2.75) is 30.5 Å². The van der Waals surface area contributed by atoms with Crippen molar-refractivity contribution in [3.8, 4) is 0 Å². The molecule has 126 valence electrons. The van der Waals surface area contributed by atoms with E-state index in [1.807, 2.05) is 4.72 Å². The summed E-state index contributed by atoms with van der Waals surface area (Å²) in [5.41, 5.74) is 0. The minimum absolute atomic E-state index is 0.00560. The first-order chi connectivity index (χ1) is 10.1. The minimum Gasteiger partial charge on any atom is -0.480 e. The van der Waals surface area contributed by atoms with Crippen molar-refractivity contribution < 1.29 is 26.7 Å². The molecule has 1 aromatic heterocycles. The highest BCUT2D eigenvalue weighted by Gasteiger charge is 2.23. The number of thiophene rings is 1. The summed E-state index contributed by atoms with van der Waals surface area (Å²) in [5.74, 6) is -1.29. The second-order valence-electron chi connectivity index (χ2n) is 4.45. The summed E-state index contributed by atoms with van der Waals surface area (Å²) in [6, 6.07) is 1.71. The van der Waals surface area contributed by atoms with Crippen LogP contribution in [-0.2, 0) is 31.3 Å². The third kappa shape index (κ3) is 5.65. The van der Waals surface area contributed by atoms with Gasteiger partial charge in [-0.3, -0.25) is 4.79 Å². The molecule has 0 bridgehead atoms. The molecule has 8 nitrogen and oxygen atoms in total. The Bertz CT molecular complexity index is 723. The van der Waals surface area contributed by atoms with Gasteiger partial charge >= 0.3 is 5.97 Å². The molecular formula is C11H18N2O6S3. The highest BCUT2D eigenvalue weighted by atomic mass is 32.2. The SMILES string of the molecule is CCS(=O)(=O)NCCc1ccc(S(=O)(=O)N[C@@H](C)C(=O)O)s1. The first kappa shape index (κ1) is 19.0. The predicted molar refractivity (Wildman–Crippen MR) is 82.9 cm³/mol. The molecule has 0 radical (unpaired) electrons. The van der Waals surface area contributed by atoms with Gasteiger partial charge in [-0.2, -0.15) is 4.72 Å². The van der Waals surface area contributed by atoms with E-state index >= 15 is 0 Å². The van der Waals surface area contributed by atoms with E-state index in [9.17, 15) is 21.6 Å². The van der Waals surface area contributed by atoms with Gasteiger partial charge in [-0.15, -0.1) is 11.3 Å². The Morgan fingerprint density at radius 1 is 1.32 bits per heavy atom. The van der Waals surface area contributed by atoms with Gasteiger partial charge in [-0.05, 0) is 32.4 Å². The fourth-order valence-corrected chi connectivity index (χ4v) is 4.60. The largest absolute Gasteiger partial charge is 0.480 e. The molecule has 1 atom stereocenters. The molecule has 0 aliphatic carbocycles. The molecule has 1 rings (SSSR count). The van der Waals surface area contributed by atoms with Crippen LogP contribution >= 0.6 is 11.3 Å². The molecule has 3 N–H and O–H groups in total. The van der Waals surface area contributed by atoms with Crippen LogP contribution < -0.4 is 9.44 Å². The summed E-state index contributed by atoms with van der Waals surface area (Å²) in [6.45, 7) is 2.93. The average molecular weight is 370 g/mol. The lowest BCUT2D eigenvalue weighted by Gasteiger charge is -2.08. The lowest BCUT2D eigenvalue weighted by molar-refractivity contribution is -0.138. The maximum absolute atomic E-state index is 12.0. The Morgan fingerprint density at radius 3 is 2.50 bits per heavy atom. The van der Waals surface area contributed by atoms with Gasteiger partial charge < -0.3 is 5.11 Å². The highest BCUT2D eigenvalue weighted by Crippen LogP contribution is 2.22. The predicted octanol–water partition coefficient (Wildman–Crippen LogP) is -0.0187. The molecule has 11 heteroatoms. The van der Waals surface area contributed by atoms with Crippen LogP contribution in [0.1, 0.15) is 18.7 Å². The summed E-state index contributed by atoms with van der Waals surface area (Å²) in [5, 5.41) is 8.72. The molecular weight excluding hydrogens is 352 g/mol. The second kappa shape index (κ2) is 7.51. The van der Waals surface area contributed by atoms with E-state index < -0.39 is 32.1 Å². The average Bonchev–Trinajstić information content (AvgIpc) is 2.87. The first-order valence-corrected chi connectivity index (χ1v) is 10.3. The zero-order chi connectivity index (χ0) is 17.0. The number of nitrogens with one attached hydrogen (secondary N) is 2. The fraction of sp³-hybridized carbons (Fsp3) is 0.545. The topological polar surface area (TPSA) is 130 Å². The third-order valence-electron chi connectivity index (χ3n) is 2.68. The van der Waals surface area contributed by atoms with Crippen molar-refractivity contribution in [3.05, 3.63) is 17.0 Å². The van der Waals surface area contributed by atoms with Crippen LogP contribution in [0.4, 0.5) is 0 Å². The van der Waals surface area contributed by atoms with E-state index in [0.29, 0.717) is 11.3 Å². The van der Waals surface area contributed by atoms with Crippen molar-refractivity contribution in [3.63, 3.8) is 0 Å². The molecule has 0 unspecified atom stereocenters. The number of carbonyl (C=O) groups is 1. The maximum Gasteiger partial charge on any atom is 0.321 e. The van der Waals surface area contributed by atoms with Crippen molar-refractivity contribution in [2.75, 3.05) is 12.3 Å². The third-order valence-corrected chi connectivity index (χ3v) is 7.26. The van der Waals surface area contributed by atoms with Crippen LogP contribution in [0.25, 0.3) is 0 Å². The molecule has 1 heterocycles. The lowest BCUT2D eigenvalue weighted by atomic mass is 10.3. The van der Waals surface area contributed by atoms with Gasteiger partial charge in [-0.1, -0.05) is 0 Å². The number of carboxylic acid groups (broad SMARTS) is 1. The van der Waals surface area contributed by atoms with Gasteiger partial charge in [0.1, 0.15) is 10.3 Å². The van der Waals surface area contributed by atoms with Gasteiger partial charge in [0.25, 0.3) is 10.0 Å². The lowest BCUT2D eigenvalue weighted by Crippen LogP contribution is -2.37. The molecule has 0 spiro atoms. The molecule has 0 aliphatic rings. The number of rotatable bonds is 9. The quantitative estimate of drug-likeness (QED) is 0.560. The van der Waals surface area contributed by atoms with Crippen LogP contribution in [0.2, 0.25) is 0 Å². The van der Waals surface area contributed by atoms with Crippen molar-refractivity contribution >= 4 is 37.4 Å². The Morgan fingerprint density at radius 2 is 1.95 bits per heavy atom. The molecule has 0 aromatic carbocycles. The molecule has 1 aromatic rings. The molecule has 0 saturated carbocycles. The first-order valence-electron chi connectivity index (χ1n) is 6.38.